The molecule has 0 saturated carbocycles. The molecule has 0 spiro atoms. The highest BCUT2D eigenvalue weighted by molar-refractivity contribution is 6.03. The van der Waals surface area contributed by atoms with Gasteiger partial charge in [-0.15, -0.1) is 0 Å². The lowest BCUT2D eigenvalue weighted by molar-refractivity contribution is 0.0314. The number of nitrogens with zero attached hydrogens (tertiary/aromatic N) is 2. The van der Waals surface area contributed by atoms with Crippen LogP contribution in [0, 0.1) is 18.6 Å². The Morgan fingerprint density at radius 3 is 2.47 bits per heavy atom. The van der Waals surface area contributed by atoms with Crippen LogP contribution in [0.5, 0.6) is 0 Å². The van der Waals surface area contributed by atoms with Crippen molar-refractivity contribution in [1.82, 2.24) is 15.0 Å². The highest BCUT2D eigenvalue weighted by atomic mass is 19.1. The topological polar surface area (TPSA) is 88.4 Å². The summed E-state index contributed by atoms with van der Waals surface area (Å²) < 4.78 is 30.2. The van der Waals surface area contributed by atoms with Crippen molar-refractivity contribution in [2.75, 3.05) is 25.6 Å². The summed E-state index contributed by atoms with van der Waals surface area (Å²) in [5.41, 5.74) is 5.35. The minimum Gasteiger partial charge on any atom is -0.394 e. The monoisotopic (exact) mass is 498 g/mol. The van der Waals surface area contributed by atoms with E-state index >= 15 is 0 Å². The standard InChI is InChI=1S/C22H17F2N3O.C3H9NO2.C2H6/c1-14-6-7-19(18(24)10-14)26-22-16-11-25-9-8-20(16)27(21(22)13-28)12-15-4-2-3-5-17(15)23;1-4-6-3-2-5;1-2/h2-11,13,26H,12H2,1H3;4-5H,2-3H2,1H3;1-2H3. The van der Waals surface area contributed by atoms with Gasteiger partial charge in [-0.1, -0.05) is 38.1 Å². The van der Waals surface area contributed by atoms with Gasteiger partial charge in [-0.05, 0) is 36.8 Å². The van der Waals surface area contributed by atoms with Gasteiger partial charge in [0.25, 0.3) is 0 Å². The van der Waals surface area contributed by atoms with Crippen molar-refractivity contribution < 1.29 is 23.5 Å². The Hall–Kier alpha value is -3.66. The van der Waals surface area contributed by atoms with E-state index in [0.717, 1.165) is 5.56 Å². The van der Waals surface area contributed by atoms with Crippen LogP contribution >= 0.6 is 0 Å². The summed E-state index contributed by atoms with van der Waals surface area (Å²) in [7, 11) is 1.65. The molecule has 2 aromatic carbocycles. The number of anilines is 2. The van der Waals surface area contributed by atoms with E-state index in [1.54, 1.807) is 67.3 Å². The van der Waals surface area contributed by atoms with E-state index in [4.69, 9.17) is 5.11 Å². The smallest absolute Gasteiger partial charge is 0.168 e. The fourth-order valence-corrected chi connectivity index (χ4v) is 3.44. The van der Waals surface area contributed by atoms with Crippen molar-refractivity contribution in [1.29, 1.82) is 0 Å². The largest absolute Gasteiger partial charge is 0.394 e. The van der Waals surface area contributed by atoms with Gasteiger partial charge >= 0.3 is 0 Å². The first-order chi connectivity index (χ1) is 17.5. The van der Waals surface area contributed by atoms with Crippen LogP contribution in [0.1, 0.15) is 35.5 Å². The number of aldehydes is 1. The number of hydroxylamine groups is 1. The predicted octanol–water partition coefficient (Wildman–Crippen LogP) is 5.38. The van der Waals surface area contributed by atoms with Gasteiger partial charge in [0.15, 0.2) is 6.29 Å². The number of aliphatic hydroxyl groups excluding tert-OH is 1. The number of nitrogens with one attached hydrogen (secondary N) is 2. The van der Waals surface area contributed by atoms with Crippen LogP contribution in [0.2, 0.25) is 0 Å². The van der Waals surface area contributed by atoms with Crippen molar-refractivity contribution in [3.05, 3.63) is 89.4 Å². The van der Waals surface area contributed by atoms with Gasteiger partial charge in [0.2, 0.25) is 0 Å². The van der Waals surface area contributed by atoms with Crippen LogP contribution in [0.3, 0.4) is 0 Å². The number of rotatable bonds is 8. The highest BCUT2D eigenvalue weighted by Crippen LogP contribution is 2.33. The third-order valence-electron chi connectivity index (χ3n) is 5.02. The predicted molar refractivity (Wildman–Crippen MR) is 138 cm³/mol. The number of halogens is 2. The second kappa shape index (κ2) is 14.7. The zero-order valence-electron chi connectivity index (χ0n) is 20.9. The average molecular weight is 499 g/mol. The van der Waals surface area contributed by atoms with E-state index in [1.165, 1.54) is 12.1 Å². The SMILES string of the molecule is CC.CNOCCO.Cc1ccc(Nc2c(C=O)n(Cc3ccccc3F)c3ccncc23)c(F)c1. The molecule has 0 radical (unpaired) electrons. The van der Waals surface area contributed by atoms with Crippen LogP contribution in [0.25, 0.3) is 10.9 Å². The maximum absolute atomic E-state index is 14.4. The first-order valence-corrected chi connectivity index (χ1v) is 11.6. The number of aliphatic hydroxyl groups is 1. The quantitative estimate of drug-likeness (QED) is 0.172. The maximum Gasteiger partial charge on any atom is 0.168 e. The molecular weight excluding hydrogens is 466 g/mol. The fraction of sp³-hybridized carbons (Fsp3) is 0.259. The van der Waals surface area contributed by atoms with Crippen LogP contribution in [0.15, 0.2) is 60.9 Å². The molecule has 0 bridgehead atoms. The van der Waals surface area contributed by atoms with Crippen molar-refractivity contribution in [3.63, 3.8) is 0 Å². The molecule has 0 aliphatic carbocycles. The highest BCUT2D eigenvalue weighted by Gasteiger charge is 2.19. The lowest BCUT2D eigenvalue weighted by Gasteiger charge is -2.10. The van der Waals surface area contributed by atoms with Gasteiger partial charge in [-0.3, -0.25) is 14.6 Å². The molecule has 0 aliphatic rings. The Labute approximate surface area is 209 Å². The molecule has 0 unspecified atom stereocenters. The molecule has 192 valence electrons. The molecule has 36 heavy (non-hydrogen) atoms. The number of aromatic nitrogens is 2. The second-order valence-electron chi connectivity index (χ2n) is 7.33. The number of benzene rings is 2. The van der Waals surface area contributed by atoms with Gasteiger partial charge in [0.1, 0.15) is 17.3 Å². The van der Waals surface area contributed by atoms with Crippen LogP contribution in [-0.2, 0) is 11.4 Å². The first kappa shape index (κ1) is 28.6. The fourth-order valence-electron chi connectivity index (χ4n) is 3.44. The molecule has 3 N–H and O–H groups in total. The van der Waals surface area contributed by atoms with E-state index in [9.17, 15) is 13.6 Å². The van der Waals surface area contributed by atoms with Gasteiger partial charge < -0.3 is 15.0 Å². The zero-order valence-corrected chi connectivity index (χ0v) is 20.9. The Balaban J connectivity index is 0.000000502. The molecule has 9 heteroatoms. The van der Waals surface area contributed by atoms with Crippen molar-refractivity contribution in [3.8, 4) is 0 Å². The number of hydrogen-bond acceptors (Lipinski definition) is 6. The third kappa shape index (κ3) is 7.17. The summed E-state index contributed by atoms with van der Waals surface area (Å²) in [5.74, 6) is -0.773. The number of aryl methyl sites for hydroxylation is 1. The molecule has 0 aliphatic heterocycles. The number of hydrogen-bond donors (Lipinski definition) is 3. The summed E-state index contributed by atoms with van der Waals surface area (Å²) >= 11 is 0. The number of pyridine rings is 1. The van der Waals surface area contributed by atoms with E-state index in [1.807, 2.05) is 13.8 Å². The average Bonchev–Trinajstić information content (AvgIpc) is 3.19. The van der Waals surface area contributed by atoms with Crippen molar-refractivity contribution >= 4 is 28.6 Å². The Morgan fingerprint density at radius 2 is 1.86 bits per heavy atom. The molecule has 7 nitrogen and oxygen atoms in total. The summed E-state index contributed by atoms with van der Waals surface area (Å²) in [6, 6.07) is 13.0. The molecule has 2 heterocycles. The van der Waals surface area contributed by atoms with Crippen molar-refractivity contribution in [2.45, 2.75) is 27.3 Å². The van der Waals surface area contributed by atoms with Crippen LogP contribution < -0.4 is 10.8 Å². The zero-order chi connectivity index (χ0) is 26.5. The van der Waals surface area contributed by atoms with Crippen LogP contribution in [0.4, 0.5) is 20.2 Å². The molecule has 0 atom stereocenters. The summed E-state index contributed by atoms with van der Waals surface area (Å²) in [6.07, 6.45) is 3.90. The molecule has 4 rings (SSSR count). The molecular formula is C27H32F2N4O3. The minimum atomic E-state index is -0.421. The molecule has 0 fully saturated rings. The van der Waals surface area contributed by atoms with E-state index in [-0.39, 0.29) is 24.7 Å². The van der Waals surface area contributed by atoms with Gasteiger partial charge in [0.05, 0.1) is 36.6 Å². The number of carbonyl (C=O) groups excluding carboxylic acids is 1. The Bertz CT molecular complexity index is 1260. The first-order valence-electron chi connectivity index (χ1n) is 11.6. The van der Waals surface area contributed by atoms with E-state index in [2.05, 4.69) is 20.6 Å². The van der Waals surface area contributed by atoms with E-state index in [0.29, 0.717) is 40.7 Å². The second-order valence-corrected chi connectivity index (χ2v) is 7.33. The number of fused-ring (bicyclic) bond motifs is 1. The van der Waals surface area contributed by atoms with Crippen molar-refractivity contribution in [2.24, 2.45) is 0 Å². The van der Waals surface area contributed by atoms with E-state index < -0.39 is 5.82 Å². The minimum absolute atomic E-state index is 0.0703. The maximum atomic E-state index is 14.4. The van der Waals surface area contributed by atoms with Gasteiger partial charge in [-0.25, -0.2) is 14.3 Å². The Morgan fingerprint density at radius 1 is 1.11 bits per heavy atom. The Kier molecular flexibility index (Phi) is 11.6. The molecule has 0 saturated heterocycles. The number of carbonyl (C=O) groups is 1. The lowest BCUT2D eigenvalue weighted by Crippen LogP contribution is -2.10. The summed E-state index contributed by atoms with van der Waals surface area (Å²) in [5, 5.41) is 11.7. The molecule has 4 aromatic rings. The normalized spacial score (nSPS) is 10.2. The van der Waals surface area contributed by atoms with Gasteiger partial charge in [-0.2, -0.15) is 0 Å². The summed E-state index contributed by atoms with van der Waals surface area (Å²) in [6.45, 7) is 6.39. The van der Waals surface area contributed by atoms with Gasteiger partial charge in [0, 0.05) is 30.4 Å². The summed E-state index contributed by atoms with van der Waals surface area (Å²) in [4.78, 5) is 20.6. The molecule has 2 aromatic heterocycles. The lowest BCUT2D eigenvalue weighted by atomic mass is 10.2. The van der Waals surface area contributed by atoms with Crippen LogP contribution in [-0.4, -0.2) is 41.2 Å². The molecule has 0 amide bonds. The third-order valence-corrected chi connectivity index (χ3v) is 5.02.